The number of aryl methyl sites for hydroxylation is 1. The zero-order chi connectivity index (χ0) is 24.0. The van der Waals surface area contributed by atoms with E-state index in [1.165, 1.54) is 6.33 Å². The number of benzene rings is 1. The Balaban J connectivity index is 1.42. The Morgan fingerprint density at radius 3 is 2.62 bits per heavy atom. The lowest BCUT2D eigenvalue weighted by Gasteiger charge is -2.41. The minimum Gasteiger partial charge on any atom is -0.493 e. The van der Waals surface area contributed by atoms with Crippen molar-refractivity contribution >= 4 is 17.7 Å². The highest BCUT2D eigenvalue weighted by Crippen LogP contribution is 2.37. The summed E-state index contributed by atoms with van der Waals surface area (Å²) in [6.07, 6.45) is 6.49. The molecule has 1 spiro atoms. The normalized spacial score (nSPS) is 19.3. The van der Waals surface area contributed by atoms with Crippen molar-refractivity contribution in [1.82, 2.24) is 25.5 Å². The molecule has 1 fully saturated rings. The lowest BCUT2D eigenvalue weighted by molar-refractivity contribution is -0.134. The summed E-state index contributed by atoms with van der Waals surface area (Å²) in [7, 11) is 0. The van der Waals surface area contributed by atoms with Gasteiger partial charge in [-0.25, -0.2) is 9.97 Å². The molecule has 180 valence electrons. The molecule has 0 bridgehead atoms. The van der Waals surface area contributed by atoms with E-state index in [1.54, 1.807) is 36.2 Å². The Labute approximate surface area is 199 Å². The van der Waals surface area contributed by atoms with Gasteiger partial charge in [-0.15, -0.1) is 0 Å². The number of aromatic nitrogens is 2. The summed E-state index contributed by atoms with van der Waals surface area (Å²) in [5, 5.41) is 5.87. The van der Waals surface area contributed by atoms with Gasteiger partial charge >= 0.3 is 0 Å². The van der Waals surface area contributed by atoms with E-state index in [0.717, 1.165) is 19.3 Å². The topological polar surface area (TPSA) is 114 Å². The maximum atomic E-state index is 13.3. The molecule has 0 aliphatic carbocycles. The molecule has 1 saturated heterocycles. The van der Waals surface area contributed by atoms with Crippen LogP contribution < -0.4 is 15.4 Å². The van der Waals surface area contributed by atoms with Crippen LogP contribution in [0.15, 0.2) is 36.8 Å². The van der Waals surface area contributed by atoms with Crippen LogP contribution in [0.25, 0.3) is 0 Å². The van der Waals surface area contributed by atoms with Crippen LogP contribution in [-0.4, -0.2) is 65.4 Å². The number of nitrogens with zero attached hydrogens (tertiary/aromatic N) is 3. The van der Waals surface area contributed by atoms with Crippen molar-refractivity contribution in [3.8, 4) is 5.75 Å². The molecule has 34 heavy (non-hydrogen) atoms. The summed E-state index contributed by atoms with van der Waals surface area (Å²) in [4.78, 5) is 48.7. The summed E-state index contributed by atoms with van der Waals surface area (Å²) < 4.78 is 5.89. The Morgan fingerprint density at radius 2 is 1.82 bits per heavy atom. The summed E-state index contributed by atoms with van der Waals surface area (Å²) >= 11 is 0. The molecule has 2 N–H and O–H groups in total. The molecular formula is C25H31N5O4. The first kappa shape index (κ1) is 23.7. The summed E-state index contributed by atoms with van der Waals surface area (Å²) in [6.45, 7) is 3.94. The van der Waals surface area contributed by atoms with Gasteiger partial charge in [0.1, 0.15) is 12.1 Å². The van der Waals surface area contributed by atoms with Gasteiger partial charge in [-0.1, -0.05) is 12.1 Å². The maximum absolute atomic E-state index is 13.3. The number of para-hydroxylation sites is 1. The second-order valence-electron chi connectivity index (χ2n) is 8.91. The first-order chi connectivity index (χ1) is 16.5. The van der Waals surface area contributed by atoms with Crippen molar-refractivity contribution in [1.29, 1.82) is 0 Å². The van der Waals surface area contributed by atoms with Crippen molar-refractivity contribution in [3.63, 3.8) is 0 Å². The highest BCUT2D eigenvalue weighted by Gasteiger charge is 2.41. The molecule has 0 saturated carbocycles. The molecular weight excluding hydrogens is 434 g/mol. The third kappa shape index (κ3) is 5.18. The van der Waals surface area contributed by atoms with Crippen LogP contribution in [0.5, 0.6) is 5.75 Å². The Morgan fingerprint density at radius 1 is 1.06 bits per heavy atom. The highest BCUT2D eigenvalue weighted by atomic mass is 16.5. The van der Waals surface area contributed by atoms with E-state index in [-0.39, 0.29) is 17.7 Å². The molecule has 0 atom stereocenters. The fraction of sp³-hybridized carbons (Fsp3) is 0.480. The number of amides is 3. The zero-order valence-corrected chi connectivity index (χ0v) is 19.5. The molecule has 9 nitrogen and oxygen atoms in total. The fourth-order valence-corrected chi connectivity index (χ4v) is 4.66. The van der Waals surface area contributed by atoms with Gasteiger partial charge in [0, 0.05) is 32.4 Å². The molecule has 2 aliphatic heterocycles. The lowest BCUT2D eigenvalue weighted by atomic mass is 9.73. The van der Waals surface area contributed by atoms with E-state index in [9.17, 15) is 14.4 Å². The number of nitrogens with one attached hydrogen (secondary N) is 2. The fourth-order valence-electron chi connectivity index (χ4n) is 4.66. The number of piperidine rings is 1. The number of ether oxygens (including phenoxy) is 1. The zero-order valence-electron chi connectivity index (χ0n) is 19.5. The van der Waals surface area contributed by atoms with E-state index < -0.39 is 5.41 Å². The number of fused-ring (bicyclic) bond motifs is 1. The van der Waals surface area contributed by atoms with Crippen molar-refractivity contribution in [2.24, 2.45) is 5.41 Å². The van der Waals surface area contributed by atoms with Crippen LogP contribution in [0, 0.1) is 12.3 Å². The molecule has 2 aromatic rings. The number of rotatable bonds is 1. The SMILES string of the molecule is Cc1ncncc1C(=O)N1CCC2(CCCCOc3ccccc3C(=O)NCCNC2=O)CC1. The average molecular weight is 466 g/mol. The monoisotopic (exact) mass is 465 g/mol. The predicted molar refractivity (Wildman–Crippen MR) is 125 cm³/mol. The molecule has 3 amide bonds. The molecule has 4 rings (SSSR count). The number of likely N-dealkylation sites (tertiary alicyclic amines) is 1. The minimum absolute atomic E-state index is 0.00792. The van der Waals surface area contributed by atoms with Gasteiger partial charge < -0.3 is 20.3 Å². The van der Waals surface area contributed by atoms with Gasteiger partial charge in [-0.3, -0.25) is 14.4 Å². The lowest BCUT2D eigenvalue weighted by Crippen LogP contribution is -2.51. The Kier molecular flexibility index (Phi) is 7.40. The summed E-state index contributed by atoms with van der Waals surface area (Å²) in [5.74, 6) is 0.252. The molecule has 0 radical (unpaired) electrons. The maximum Gasteiger partial charge on any atom is 0.257 e. The predicted octanol–water partition coefficient (Wildman–Crippen LogP) is 2.12. The van der Waals surface area contributed by atoms with Gasteiger partial charge in [-0.05, 0) is 51.2 Å². The van der Waals surface area contributed by atoms with E-state index in [4.69, 9.17) is 4.74 Å². The second kappa shape index (κ2) is 10.6. The van der Waals surface area contributed by atoms with Crippen molar-refractivity contribution in [3.05, 3.63) is 53.6 Å². The molecule has 2 aliphatic rings. The molecule has 1 aromatic heterocycles. The van der Waals surface area contributed by atoms with E-state index >= 15 is 0 Å². The van der Waals surface area contributed by atoms with Crippen molar-refractivity contribution in [2.45, 2.75) is 39.0 Å². The molecule has 9 heteroatoms. The van der Waals surface area contributed by atoms with Crippen molar-refractivity contribution < 1.29 is 19.1 Å². The van der Waals surface area contributed by atoms with Gasteiger partial charge in [-0.2, -0.15) is 0 Å². The number of hydrogen-bond donors (Lipinski definition) is 2. The van der Waals surface area contributed by atoms with Crippen LogP contribution in [-0.2, 0) is 4.79 Å². The Bertz CT molecular complexity index is 1050. The van der Waals surface area contributed by atoms with Gasteiger partial charge in [0.2, 0.25) is 5.91 Å². The third-order valence-electron chi connectivity index (χ3n) is 6.77. The quantitative estimate of drug-likeness (QED) is 0.667. The number of hydrogen-bond acceptors (Lipinski definition) is 6. The molecule has 3 heterocycles. The molecule has 0 unspecified atom stereocenters. The van der Waals surface area contributed by atoms with E-state index in [0.29, 0.717) is 68.2 Å². The van der Waals surface area contributed by atoms with Crippen LogP contribution >= 0.6 is 0 Å². The van der Waals surface area contributed by atoms with E-state index in [1.807, 2.05) is 6.07 Å². The smallest absolute Gasteiger partial charge is 0.257 e. The van der Waals surface area contributed by atoms with E-state index in [2.05, 4.69) is 20.6 Å². The van der Waals surface area contributed by atoms with Crippen LogP contribution in [0.1, 0.15) is 58.5 Å². The number of carbonyl (C=O) groups excluding carboxylic acids is 3. The summed E-state index contributed by atoms with van der Waals surface area (Å²) in [6, 6.07) is 7.20. The van der Waals surface area contributed by atoms with Crippen LogP contribution in [0.2, 0.25) is 0 Å². The Hall–Kier alpha value is -3.49. The highest BCUT2D eigenvalue weighted by molar-refractivity contribution is 5.97. The van der Waals surface area contributed by atoms with Crippen molar-refractivity contribution in [2.75, 3.05) is 32.8 Å². The van der Waals surface area contributed by atoms with Gasteiger partial charge in [0.05, 0.1) is 28.8 Å². The first-order valence-corrected chi connectivity index (χ1v) is 11.8. The minimum atomic E-state index is -0.537. The average Bonchev–Trinajstić information content (AvgIpc) is 2.86. The van der Waals surface area contributed by atoms with Gasteiger partial charge in [0.15, 0.2) is 0 Å². The van der Waals surface area contributed by atoms with Crippen LogP contribution in [0.4, 0.5) is 0 Å². The summed E-state index contributed by atoms with van der Waals surface area (Å²) in [5.41, 5.74) is 1.12. The third-order valence-corrected chi connectivity index (χ3v) is 6.77. The molecule has 1 aromatic carbocycles. The van der Waals surface area contributed by atoms with Gasteiger partial charge in [0.25, 0.3) is 11.8 Å². The second-order valence-corrected chi connectivity index (χ2v) is 8.91. The largest absolute Gasteiger partial charge is 0.493 e. The number of carbonyl (C=O) groups is 3. The first-order valence-electron chi connectivity index (χ1n) is 11.8. The van der Waals surface area contributed by atoms with Crippen LogP contribution in [0.3, 0.4) is 0 Å². The standard InChI is InChI=1S/C25H31N5O4/c1-18-20(16-26-17-29-18)23(32)30-13-9-25(10-14-30)8-4-5-15-34-21-7-3-2-6-19(21)22(31)27-11-12-28-24(25)33/h2-3,6-7,16-17H,4-5,8-15H2,1H3,(H,27,31)(H,28,33).